The molecule has 0 fully saturated rings. The Morgan fingerprint density at radius 1 is 1.10 bits per heavy atom. The number of aliphatic carboxylic acids is 1. The molecule has 0 unspecified atom stereocenters. The molecule has 0 bridgehead atoms. The van der Waals surface area contributed by atoms with Gasteiger partial charge in [0.15, 0.2) is 0 Å². The Hall–Kier alpha value is -1.30. The van der Waals surface area contributed by atoms with Crippen molar-refractivity contribution in [1.82, 2.24) is 15.5 Å². The Morgan fingerprint density at radius 2 is 1.60 bits per heavy atom. The zero-order valence-corrected chi connectivity index (χ0v) is 13.5. The average molecular weight is 287 g/mol. The fraction of sp³-hybridized carbons (Fsp3) is 0.857. The molecule has 0 saturated carbocycles. The van der Waals surface area contributed by atoms with Gasteiger partial charge in [0.1, 0.15) is 0 Å². The molecule has 118 valence electrons. The van der Waals surface area contributed by atoms with Gasteiger partial charge < -0.3 is 15.7 Å². The normalized spacial score (nSPS) is 12.1. The fourth-order valence-corrected chi connectivity index (χ4v) is 1.85. The first-order valence-corrected chi connectivity index (χ1v) is 7.08. The van der Waals surface area contributed by atoms with Crippen molar-refractivity contribution >= 4 is 12.0 Å². The molecule has 2 amide bonds. The zero-order chi connectivity index (χ0) is 15.9. The molecule has 0 radical (unpaired) electrons. The lowest BCUT2D eigenvalue weighted by Gasteiger charge is -2.30. The second-order valence-electron chi connectivity index (χ2n) is 6.22. The van der Waals surface area contributed by atoms with Gasteiger partial charge in [-0.15, -0.1) is 0 Å². The molecule has 3 N–H and O–H groups in total. The van der Waals surface area contributed by atoms with Crippen molar-refractivity contribution < 1.29 is 14.7 Å². The van der Waals surface area contributed by atoms with Gasteiger partial charge in [0.05, 0.1) is 5.41 Å². The van der Waals surface area contributed by atoms with Gasteiger partial charge in [-0.25, -0.2) is 4.79 Å². The van der Waals surface area contributed by atoms with E-state index in [1.807, 2.05) is 0 Å². The van der Waals surface area contributed by atoms with Crippen LogP contribution in [0.5, 0.6) is 0 Å². The van der Waals surface area contributed by atoms with Crippen molar-refractivity contribution in [3.8, 4) is 0 Å². The maximum absolute atomic E-state index is 11.6. The second kappa shape index (κ2) is 8.09. The number of carboxylic acid groups (broad SMARTS) is 1. The van der Waals surface area contributed by atoms with Gasteiger partial charge in [-0.1, -0.05) is 0 Å². The molecule has 0 atom stereocenters. The molecule has 0 aromatic carbocycles. The summed E-state index contributed by atoms with van der Waals surface area (Å²) in [7, 11) is 0. The van der Waals surface area contributed by atoms with Gasteiger partial charge in [0.25, 0.3) is 0 Å². The number of carbonyl (C=O) groups is 2. The van der Waals surface area contributed by atoms with Crippen molar-refractivity contribution in [2.75, 3.05) is 19.6 Å². The number of nitrogens with zero attached hydrogens (tertiary/aromatic N) is 1. The van der Waals surface area contributed by atoms with E-state index in [1.165, 1.54) is 0 Å². The maximum Gasteiger partial charge on any atom is 0.314 e. The van der Waals surface area contributed by atoms with Crippen molar-refractivity contribution in [3.63, 3.8) is 0 Å². The van der Waals surface area contributed by atoms with Crippen LogP contribution in [0.2, 0.25) is 0 Å². The van der Waals surface area contributed by atoms with E-state index >= 15 is 0 Å². The Bertz CT molecular complexity index is 320. The summed E-state index contributed by atoms with van der Waals surface area (Å²) in [5, 5.41) is 14.3. The molecule has 0 aromatic heterocycles. The van der Waals surface area contributed by atoms with Gasteiger partial charge in [-0.3, -0.25) is 9.69 Å². The largest absolute Gasteiger partial charge is 0.481 e. The summed E-state index contributed by atoms with van der Waals surface area (Å²) in [6.07, 6.45) is 0. The maximum atomic E-state index is 11.6. The molecular weight excluding hydrogens is 258 g/mol. The smallest absolute Gasteiger partial charge is 0.314 e. The van der Waals surface area contributed by atoms with Gasteiger partial charge in [-0.05, 0) is 41.5 Å². The standard InChI is InChI=1S/C14H29N3O3/c1-10(2)17(11(3)4)8-7-15-13(20)16-9-14(5,6)12(18)19/h10-11H,7-9H2,1-6H3,(H,18,19)(H2,15,16,20). The van der Waals surface area contributed by atoms with E-state index in [1.54, 1.807) is 13.8 Å². The first-order valence-electron chi connectivity index (χ1n) is 7.08. The van der Waals surface area contributed by atoms with Crippen LogP contribution in [0.25, 0.3) is 0 Å². The molecule has 0 aliphatic carbocycles. The minimum absolute atomic E-state index is 0.103. The van der Waals surface area contributed by atoms with E-state index in [-0.39, 0.29) is 12.6 Å². The third kappa shape index (κ3) is 6.75. The monoisotopic (exact) mass is 287 g/mol. The van der Waals surface area contributed by atoms with Gasteiger partial charge >= 0.3 is 12.0 Å². The number of carbonyl (C=O) groups excluding carboxylic acids is 1. The highest BCUT2D eigenvalue weighted by Gasteiger charge is 2.27. The number of urea groups is 1. The van der Waals surface area contributed by atoms with E-state index in [0.29, 0.717) is 18.6 Å². The average Bonchev–Trinajstić information content (AvgIpc) is 2.30. The van der Waals surface area contributed by atoms with Crippen LogP contribution in [0.1, 0.15) is 41.5 Å². The summed E-state index contributed by atoms with van der Waals surface area (Å²) in [5.41, 5.74) is -0.959. The SMILES string of the molecule is CC(C)N(CCNC(=O)NCC(C)(C)C(=O)O)C(C)C. The first-order chi connectivity index (χ1) is 9.08. The summed E-state index contributed by atoms with van der Waals surface area (Å²) >= 11 is 0. The van der Waals surface area contributed by atoms with E-state index in [0.717, 1.165) is 6.54 Å². The van der Waals surface area contributed by atoms with Crippen molar-refractivity contribution in [2.45, 2.75) is 53.6 Å². The molecule has 6 heteroatoms. The molecule has 6 nitrogen and oxygen atoms in total. The summed E-state index contributed by atoms with van der Waals surface area (Å²) < 4.78 is 0. The quantitative estimate of drug-likeness (QED) is 0.632. The van der Waals surface area contributed by atoms with E-state index in [4.69, 9.17) is 5.11 Å². The minimum Gasteiger partial charge on any atom is -0.481 e. The van der Waals surface area contributed by atoms with Crippen LogP contribution in [0.3, 0.4) is 0 Å². The Kier molecular flexibility index (Phi) is 7.57. The molecule has 0 spiro atoms. The highest BCUT2D eigenvalue weighted by Crippen LogP contribution is 2.12. The van der Waals surface area contributed by atoms with E-state index in [9.17, 15) is 9.59 Å². The van der Waals surface area contributed by atoms with Crippen LogP contribution in [0.15, 0.2) is 0 Å². The molecule has 0 aromatic rings. The number of hydrogen-bond donors (Lipinski definition) is 3. The van der Waals surface area contributed by atoms with Crippen LogP contribution in [-0.2, 0) is 4.79 Å². The van der Waals surface area contributed by atoms with Crippen LogP contribution < -0.4 is 10.6 Å². The number of amides is 2. The van der Waals surface area contributed by atoms with Crippen molar-refractivity contribution in [3.05, 3.63) is 0 Å². The lowest BCUT2D eigenvalue weighted by atomic mass is 9.94. The molecule has 0 saturated heterocycles. The third-order valence-electron chi connectivity index (χ3n) is 3.25. The van der Waals surface area contributed by atoms with Crippen LogP contribution in [0, 0.1) is 5.41 Å². The summed E-state index contributed by atoms with van der Waals surface area (Å²) in [5.74, 6) is -0.927. The van der Waals surface area contributed by atoms with E-state index < -0.39 is 11.4 Å². The number of carboxylic acids is 1. The minimum atomic E-state index is -0.959. The van der Waals surface area contributed by atoms with E-state index in [2.05, 4.69) is 43.2 Å². The lowest BCUT2D eigenvalue weighted by Crippen LogP contribution is -2.47. The molecule has 0 aliphatic heterocycles. The van der Waals surface area contributed by atoms with Crippen molar-refractivity contribution in [1.29, 1.82) is 0 Å². The Labute approximate surface area is 121 Å². The first kappa shape index (κ1) is 18.7. The summed E-state index contributed by atoms with van der Waals surface area (Å²) in [4.78, 5) is 24.8. The van der Waals surface area contributed by atoms with Crippen molar-refractivity contribution in [2.24, 2.45) is 5.41 Å². The zero-order valence-electron chi connectivity index (χ0n) is 13.5. The number of rotatable bonds is 8. The Balaban J connectivity index is 4.03. The summed E-state index contributed by atoms with van der Waals surface area (Å²) in [6.45, 7) is 13.0. The van der Waals surface area contributed by atoms with Gasteiger partial charge in [0.2, 0.25) is 0 Å². The molecular formula is C14H29N3O3. The van der Waals surface area contributed by atoms with Crippen LogP contribution in [0.4, 0.5) is 4.79 Å². The third-order valence-corrected chi connectivity index (χ3v) is 3.25. The lowest BCUT2D eigenvalue weighted by molar-refractivity contribution is -0.146. The molecule has 20 heavy (non-hydrogen) atoms. The topological polar surface area (TPSA) is 81.7 Å². The van der Waals surface area contributed by atoms with Gasteiger partial charge in [0, 0.05) is 31.7 Å². The number of hydrogen-bond acceptors (Lipinski definition) is 3. The Morgan fingerprint density at radius 3 is 2.00 bits per heavy atom. The van der Waals surface area contributed by atoms with Crippen LogP contribution >= 0.6 is 0 Å². The molecule has 0 aliphatic rings. The highest BCUT2D eigenvalue weighted by atomic mass is 16.4. The van der Waals surface area contributed by atoms with Gasteiger partial charge in [-0.2, -0.15) is 0 Å². The number of nitrogens with one attached hydrogen (secondary N) is 2. The fourth-order valence-electron chi connectivity index (χ4n) is 1.85. The molecule has 0 rings (SSSR count). The molecule has 0 heterocycles. The highest BCUT2D eigenvalue weighted by molar-refractivity contribution is 5.77. The van der Waals surface area contributed by atoms with Crippen LogP contribution in [-0.4, -0.2) is 53.7 Å². The second-order valence-corrected chi connectivity index (χ2v) is 6.22. The summed E-state index contributed by atoms with van der Waals surface area (Å²) in [6, 6.07) is 0.517. The predicted octanol–water partition coefficient (Wildman–Crippen LogP) is 1.52. The predicted molar refractivity (Wildman–Crippen MR) is 79.8 cm³/mol.